The average Bonchev–Trinajstić information content (AvgIpc) is 2.93. The van der Waals surface area contributed by atoms with Crippen molar-refractivity contribution in [3.63, 3.8) is 0 Å². The minimum absolute atomic E-state index is 0.229. The lowest BCUT2D eigenvalue weighted by atomic mass is 10.1. The fourth-order valence-corrected chi connectivity index (χ4v) is 2.58. The van der Waals surface area contributed by atoms with Crippen LogP contribution in [-0.4, -0.2) is 24.0 Å². The van der Waals surface area contributed by atoms with Gasteiger partial charge in [0.05, 0.1) is 20.4 Å². The van der Waals surface area contributed by atoms with E-state index in [0.29, 0.717) is 0 Å². The quantitative estimate of drug-likeness (QED) is 0.854. The van der Waals surface area contributed by atoms with Gasteiger partial charge in [-0.25, -0.2) is 0 Å². The molecule has 120 valence electrons. The van der Waals surface area contributed by atoms with Crippen molar-refractivity contribution in [1.29, 1.82) is 0 Å². The van der Waals surface area contributed by atoms with Crippen molar-refractivity contribution >= 4 is 0 Å². The summed E-state index contributed by atoms with van der Waals surface area (Å²) in [7, 11) is 3.33. The van der Waals surface area contributed by atoms with Crippen LogP contribution in [0.15, 0.2) is 24.4 Å². The van der Waals surface area contributed by atoms with Crippen molar-refractivity contribution in [3.05, 3.63) is 41.2 Å². The van der Waals surface area contributed by atoms with Crippen molar-refractivity contribution < 1.29 is 9.47 Å². The second-order valence-corrected chi connectivity index (χ2v) is 5.28. The highest BCUT2D eigenvalue weighted by atomic mass is 16.5. The van der Waals surface area contributed by atoms with Gasteiger partial charge in [-0.15, -0.1) is 0 Å². The number of methoxy groups -OCH3 is 2. The van der Waals surface area contributed by atoms with Gasteiger partial charge in [0.15, 0.2) is 0 Å². The van der Waals surface area contributed by atoms with Crippen LogP contribution in [0.4, 0.5) is 0 Å². The molecule has 5 nitrogen and oxygen atoms in total. The smallest absolute Gasteiger partial charge is 0.127 e. The first-order chi connectivity index (χ1) is 10.6. The van der Waals surface area contributed by atoms with Crippen molar-refractivity contribution in [2.45, 2.75) is 39.9 Å². The zero-order valence-corrected chi connectivity index (χ0v) is 14.0. The third kappa shape index (κ3) is 3.42. The molecule has 1 heterocycles. The first-order valence-electron chi connectivity index (χ1n) is 7.57. The van der Waals surface area contributed by atoms with Gasteiger partial charge in [-0.05, 0) is 26.8 Å². The zero-order chi connectivity index (χ0) is 16.1. The first kappa shape index (κ1) is 16.4. The van der Waals surface area contributed by atoms with E-state index in [9.17, 15) is 0 Å². The van der Waals surface area contributed by atoms with Gasteiger partial charge in [-0.2, -0.15) is 5.10 Å². The van der Waals surface area contributed by atoms with E-state index in [4.69, 9.17) is 9.47 Å². The normalized spacial score (nSPS) is 12.2. The molecule has 2 aromatic rings. The molecule has 0 saturated carbocycles. The molecule has 5 heteroatoms. The average molecular weight is 303 g/mol. The SMILES string of the molecule is CCn1ncc(C(C)NCc2ccc(OC)cc2OC)c1C. The molecule has 1 atom stereocenters. The van der Waals surface area contributed by atoms with Crippen LogP contribution in [0.25, 0.3) is 0 Å². The van der Waals surface area contributed by atoms with Crippen LogP contribution >= 0.6 is 0 Å². The number of ether oxygens (including phenoxy) is 2. The lowest BCUT2D eigenvalue weighted by Gasteiger charge is -2.16. The highest BCUT2D eigenvalue weighted by Gasteiger charge is 2.13. The number of benzene rings is 1. The minimum Gasteiger partial charge on any atom is -0.497 e. The molecule has 2 rings (SSSR count). The summed E-state index contributed by atoms with van der Waals surface area (Å²) in [6, 6.07) is 6.11. The summed E-state index contributed by atoms with van der Waals surface area (Å²) in [5.41, 5.74) is 3.55. The highest BCUT2D eigenvalue weighted by molar-refractivity contribution is 5.40. The highest BCUT2D eigenvalue weighted by Crippen LogP contribution is 2.25. The number of nitrogens with one attached hydrogen (secondary N) is 1. The maximum atomic E-state index is 5.43. The van der Waals surface area contributed by atoms with Crippen LogP contribution in [0.2, 0.25) is 0 Å². The number of hydrogen-bond acceptors (Lipinski definition) is 4. The Labute approximate surface area is 132 Å². The van der Waals surface area contributed by atoms with Gasteiger partial charge in [0.25, 0.3) is 0 Å². The van der Waals surface area contributed by atoms with Crippen molar-refractivity contribution in [1.82, 2.24) is 15.1 Å². The monoisotopic (exact) mass is 303 g/mol. The maximum absolute atomic E-state index is 5.43. The van der Waals surface area contributed by atoms with E-state index >= 15 is 0 Å². The molecular weight excluding hydrogens is 278 g/mol. The topological polar surface area (TPSA) is 48.3 Å². The Morgan fingerprint density at radius 3 is 2.64 bits per heavy atom. The molecule has 0 fully saturated rings. The fraction of sp³-hybridized carbons (Fsp3) is 0.471. The van der Waals surface area contributed by atoms with Gasteiger partial charge in [-0.1, -0.05) is 6.07 Å². The predicted molar refractivity (Wildman–Crippen MR) is 87.4 cm³/mol. The molecule has 0 aliphatic carbocycles. The number of aromatic nitrogens is 2. The van der Waals surface area contributed by atoms with Gasteiger partial charge in [-0.3, -0.25) is 4.68 Å². The minimum atomic E-state index is 0.229. The largest absolute Gasteiger partial charge is 0.497 e. The summed E-state index contributed by atoms with van der Waals surface area (Å²) in [5.74, 6) is 1.63. The van der Waals surface area contributed by atoms with E-state index in [2.05, 4.69) is 31.2 Å². The van der Waals surface area contributed by atoms with Crippen LogP contribution in [0.3, 0.4) is 0 Å². The first-order valence-corrected chi connectivity index (χ1v) is 7.57. The molecule has 0 aliphatic rings. The molecular formula is C17H25N3O2. The van der Waals surface area contributed by atoms with Crippen LogP contribution in [-0.2, 0) is 13.1 Å². The van der Waals surface area contributed by atoms with Crippen LogP contribution in [0.1, 0.15) is 36.7 Å². The molecule has 0 bridgehead atoms. The third-order valence-corrected chi connectivity index (χ3v) is 4.00. The van der Waals surface area contributed by atoms with E-state index in [0.717, 1.165) is 30.2 Å². The van der Waals surface area contributed by atoms with Crippen LogP contribution in [0.5, 0.6) is 11.5 Å². The van der Waals surface area contributed by atoms with Gasteiger partial charge in [0.1, 0.15) is 11.5 Å². The van der Waals surface area contributed by atoms with Crippen LogP contribution in [0, 0.1) is 6.92 Å². The standard InChI is InChI=1S/C17H25N3O2/c1-6-20-13(3)16(11-19-20)12(2)18-10-14-7-8-15(21-4)9-17(14)22-5/h7-9,11-12,18H,6,10H2,1-5H3. The second kappa shape index (κ2) is 7.31. The number of rotatable bonds is 7. The number of hydrogen-bond donors (Lipinski definition) is 1. The maximum Gasteiger partial charge on any atom is 0.127 e. The van der Waals surface area contributed by atoms with E-state index in [1.165, 1.54) is 11.3 Å². The molecule has 0 radical (unpaired) electrons. The molecule has 22 heavy (non-hydrogen) atoms. The zero-order valence-electron chi connectivity index (χ0n) is 14.0. The fourth-order valence-electron chi connectivity index (χ4n) is 2.58. The van der Waals surface area contributed by atoms with Crippen molar-refractivity contribution in [3.8, 4) is 11.5 Å². The Hall–Kier alpha value is -2.01. The van der Waals surface area contributed by atoms with Gasteiger partial charge < -0.3 is 14.8 Å². The number of nitrogens with zero attached hydrogens (tertiary/aromatic N) is 2. The van der Waals surface area contributed by atoms with E-state index in [1.807, 2.05) is 29.1 Å². The number of aryl methyl sites for hydroxylation is 1. The summed E-state index contributed by atoms with van der Waals surface area (Å²) in [5, 5.41) is 7.93. The molecule has 1 aromatic heterocycles. The molecule has 0 amide bonds. The Kier molecular flexibility index (Phi) is 5.44. The van der Waals surface area contributed by atoms with Gasteiger partial charge in [0.2, 0.25) is 0 Å². The predicted octanol–water partition coefficient (Wildman–Crippen LogP) is 3.08. The lowest BCUT2D eigenvalue weighted by Crippen LogP contribution is -2.19. The molecule has 1 aromatic carbocycles. The molecule has 1 N–H and O–H groups in total. The van der Waals surface area contributed by atoms with Crippen molar-refractivity contribution in [2.24, 2.45) is 0 Å². The van der Waals surface area contributed by atoms with Crippen molar-refractivity contribution in [2.75, 3.05) is 14.2 Å². The van der Waals surface area contributed by atoms with E-state index in [1.54, 1.807) is 14.2 Å². The van der Waals surface area contributed by atoms with Gasteiger partial charge in [0, 0.05) is 42.0 Å². The summed E-state index contributed by atoms with van der Waals surface area (Å²) in [4.78, 5) is 0. The third-order valence-electron chi connectivity index (χ3n) is 4.00. The molecule has 1 unspecified atom stereocenters. The lowest BCUT2D eigenvalue weighted by molar-refractivity contribution is 0.389. The van der Waals surface area contributed by atoms with E-state index in [-0.39, 0.29) is 6.04 Å². The Morgan fingerprint density at radius 1 is 1.27 bits per heavy atom. The van der Waals surface area contributed by atoms with Crippen LogP contribution < -0.4 is 14.8 Å². The molecule has 0 saturated heterocycles. The Balaban J connectivity index is 2.07. The molecule has 0 spiro atoms. The van der Waals surface area contributed by atoms with Gasteiger partial charge >= 0.3 is 0 Å². The summed E-state index contributed by atoms with van der Waals surface area (Å²) in [6.07, 6.45) is 1.95. The van der Waals surface area contributed by atoms with E-state index < -0.39 is 0 Å². The summed E-state index contributed by atoms with van der Waals surface area (Å²) in [6.45, 7) is 7.98. The Bertz CT molecular complexity index is 622. The molecule has 0 aliphatic heterocycles. The Morgan fingerprint density at radius 2 is 2.05 bits per heavy atom. The second-order valence-electron chi connectivity index (χ2n) is 5.28. The summed E-state index contributed by atoms with van der Waals surface area (Å²) < 4.78 is 12.7. The summed E-state index contributed by atoms with van der Waals surface area (Å²) >= 11 is 0.